The van der Waals surface area contributed by atoms with Crippen LogP contribution in [0.4, 0.5) is 0 Å². The third-order valence-electron chi connectivity index (χ3n) is 9.76. The SMILES string of the molecule is C=CCOc1ccc(/C=C/c2nc3s/c(=C\c4cn(-c5ccccc5)nc4C45CC6CC(CC(C6)C4)C5)c(=O)n3n2)cc1OC. The number of aromatic nitrogens is 5. The van der Waals surface area contributed by atoms with Crippen LogP contribution in [-0.2, 0) is 5.41 Å². The normalized spacial score (nSPS) is 24.2. The molecular weight excluding hydrogens is 582 g/mol. The lowest BCUT2D eigenvalue weighted by molar-refractivity contribution is -0.00743. The van der Waals surface area contributed by atoms with Gasteiger partial charge in [0.25, 0.3) is 5.56 Å². The monoisotopic (exact) mass is 617 g/mol. The fourth-order valence-corrected chi connectivity index (χ4v) is 9.21. The van der Waals surface area contributed by atoms with Crippen LogP contribution in [0.5, 0.6) is 11.5 Å². The number of hydrogen-bond acceptors (Lipinski definition) is 7. The van der Waals surface area contributed by atoms with Gasteiger partial charge in [0.2, 0.25) is 4.96 Å². The van der Waals surface area contributed by atoms with E-state index in [0.29, 0.717) is 33.4 Å². The Kier molecular flexibility index (Phi) is 6.93. The summed E-state index contributed by atoms with van der Waals surface area (Å²) in [6.45, 7) is 4.09. The highest BCUT2D eigenvalue weighted by molar-refractivity contribution is 7.15. The van der Waals surface area contributed by atoms with Gasteiger partial charge in [-0.3, -0.25) is 4.79 Å². The average molecular weight is 618 g/mol. The maximum atomic E-state index is 13.6. The first-order valence-corrected chi connectivity index (χ1v) is 16.5. The summed E-state index contributed by atoms with van der Waals surface area (Å²) in [4.78, 5) is 18.8. The van der Waals surface area contributed by atoms with E-state index in [1.807, 2.05) is 53.2 Å². The highest BCUT2D eigenvalue weighted by atomic mass is 32.1. The number of hydrogen-bond donors (Lipinski definition) is 0. The third-order valence-corrected chi connectivity index (χ3v) is 10.7. The molecule has 4 saturated carbocycles. The van der Waals surface area contributed by atoms with E-state index in [0.717, 1.165) is 40.3 Å². The Bertz CT molecular complexity index is 2000. The molecule has 9 rings (SSSR count). The van der Waals surface area contributed by atoms with Crippen molar-refractivity contribution in [1.29, 1.82) is 0 Å². The van der Waals surface area contributed by atoms with Crippen molar-refractivity contribution < 1.29 is 9.47 Å². The largest absolute Gasteiger partial charge is 0.493 e. The topological polar surface area (TPSA) is 83.5 Å². The molecule has 4 aliphatic rings. The van der Waals surface area contributed by atoms with Crippen LogP contribution in [0.3, 0.4) is 0 Å². The molecule has 3 heterocycles. The number of fused-ring (bicyclic) bond motifs is 1. The zero-order valence-corrected chi connectivity index (χ0v) is 26.1. The molecular formula is C36H35N5O3S. The molecule has 4 aliphatic carbocycles. The van der Waals surface area contributed by atoms with E-state index in [9.17, 15) is 4.79 Å². The van der Waals surface area contributed by atoms with Crippen LogP contribution in [0.2, 0.25) is 0 Å². The number of ether oxygens (including phenoxy) is 2. The van der Waals surface area contributed by atoms with Crippen LogP contribution < -0.4 is 19.6 Å². The molecule has 5 aromatic rings. The lowest BCUT2D eigenvalue weighted by Gasteiger charge is -2.56. The van der Waals surface area contributed by atoms with Gasteiger partial charge in [-0.1, -0.05) is 54.3 Å². The molecule has 4 fully saturated rings. The summed E-state index contributed by atoms with van der Waals surface area (Å²) in [6.07, 6.45) is 17.3. The molecule has 0 spiro atoms. The molecule has 0 amide bonds. The van der Waals surface area contributed by atoms with Gasteiger partial charge in [-0.05, 0) is 98.3 Å². The molecule has 228 valence electrons. The van der Waals surface area contributed by atoms with Crippen LogP contribution in [0, 0.1) is 17.8 Å². The van der Waals surface area contributed by atoms with Crippen molar-refractivity contribution in [3.8, 4) is 17.2 Å². The second kappa shape index (κ2) is 11.1. The summed E-state index contributed by atoms with van der Waals surface area (Å²) >= 11 is 1.37. The summed E-state index contributed by atoms with van der Waals surface area (Å²) in [5.74, 6) is 4.14. The molecule has 4 bridgehead atoms. The fraction of sp³-hybridized carbons (Fsp3) is 0.333. The molecule has 3 aromatic heterocycles. The van der Waals surface area contributed by atoms with Gasteiger partial charge in [-0.25, -0.2) is 4.68 Å². The smallest absolute Gasteiger partial charge is 0.291 e. The van der Waals surface area contributed by atoms with Crippen LogP contribution in [-0.4, -0.2) is 38.1 Å². The maximum Gasteiger partial charge on any atom is 0.291 e. The summed E-state index contributed by atoms with van der Waals surface area (Å²) in [5.41, 5.74) is 4.06. The van der Waals surface area contributed by atoms with Gasteiger partial charge in [0.1, 0.15) is 6.61 Å². The Balaban J connectivity index is 1.13. The minimum atomic E-state index is -0.156. The molecule has 0 saturated heterocycles. The minimum Gasteiger partial charge on any atom is -0.493 e. The molecule has 2 aromatic carbocycles. The number of para-hydroxylation sites is 1. The maximum absolute atomic E-state index is 13.6. The number of nitrogens with zero attached hydrogens (tertiary/aromatic N) is 5. The van der Waals surface area contributed by atoms with Crippen molar-refractivity contribution >= 4 is 34.5 Å². The molecule has 45 heavy (non-hydrogen) atoms. The van der Waals surface area contributed by atoms with Crippen molar-refractivity contribution in [3.63, 3.8) is 0 Å². The molecule has 0 atom stereocenters. The number of benzene rings is 2. The Morgan fingerprint density at radius 2 is 1.76 bits per heavy atom. The first kappa shape index (κ1) is 28.0. The molecule has 0 unspecified atom stereocenters. The first-order valence-electron chi connectivity index (χ1n) is 15.7. The van der Waals surface area contributed by atoms with E-state index in [2.05, 4.69) is 35.0 Å². The van der Waals surface area contributed by atoms with Gasteiger partial charge < -0.3 is 9.47 Å². The van der Waals surface area contributed by atoms with E-state index in [4.69, 9.17) is 14.6 Å². The van der Waals surface area contributed by atoms with Crippen molar-refractivity contribution in [3.05, 3.63) is 105 Å². The second-order valence-corrected chi connectivity index (χ2v) is 13.8. The summed E-state index contributed by atoms with van der Waals surface area (Å²) in [7, 11) is 1.61. The fourth-order valence-electron chi connectivity index (χ4n) is 8.31. The zero-order chi connectivity index (χ0) is 30.5. The van der Waals surface area contributed by atoms with Crippen molar-refractivity contribution in [2.24, 2.45) is 17.8 Å². The molecule has 0 aliphatic heterocycles. The van der Waals surface area contributed by atoms with Crippen LogP contribution in [0.1, 0.15) is 61.2 Å². The van der Waals surface area contributed by atoms with Crippen molar-refractivity contribution in [2.75, 3.05) is 13.7 Å². The number of thiazole rings is 1. The molecule has 0 N–H and O–H groups in total. The summed E-state index contributed by atoms with van der Waals surface area (Å²) in [5, 5.41) is 9.79. The second-order valence-electron chi connectivity index (χ2n) is 12.8. The lowest BCUT2D eigenvalue weighted by Crippen LogP contribution is -2.49. The van der Waals surface area contributed by atoms with Crippen LogP contribution in [0.25, 0.3) is 28.9 Å². The van der Waals surface area contributed by atoms with E-state index in [1.54, 1.807) is 19.3 Å². The van der Waals surface area contributed by atoms with Crippen molar-refractivity contribution in [1.82, 2.24) is 24.4 Å². The van der Waals surface area contributed by atoms with Gasteiger partial charge in [-0.15, -0.1) is 5.10 Å². The van der Waals surface area contributed by atoms with Crippen LogP contribution >= 0.6 is 11.3 Å². The molecule has 0 radical (unpaired) electrons. The molecule has 8 nitrogen and oxygen atoms in total. The average Bonchev–Trinajstić information content (AvgIpc) is 3.74. The standard InChI is InChI=1S/C36H35N5O3S/c1-3-13-44-29-11-9-23(17-30(29)43-2)10-12-32-37-35-41(38-32)34(42)31(45-35)18-27-22-40(28-7-5-4-6-8-28)39-33(27)36-19-24-14-25(20-36)16-26(15-24)21-36/h3-12,17-18,22,24-26H,1,13-16,19-21H2,2H3/b12-10+,31-18-. The number of rotatable bonds is 9. The Morgan fingerprint density at radius 1 is 1.00 bits per heavy atom. The Hall–Kier alpha value is -4.50. The van der Waals surface area contributed by atoms with E-state index in [1.165, 1.54) is 54.4 Å². The van der Waals surface area contributed by atoms with Gasteiger partial charge >= 0.3 is 0 Å². The minimum absolute atomic E-state index is 0.0932. The number of methoxy groups -OCH3 is 1. The summed E-state index contributed by atoms with van der Waals surface area (Å²) < 4.78 is 15.2. The Labute approximate surface area is 265 Å². The van der Waals surface area contributed by atoms with Gasteiger partial charge in [0.05, 0.1) is 23.0 Å². The predicted octanol–water partition coefficient (Wildman–Crippen LogP) is 6.10. The van der Waals surface area contributed by atoms with E-state index < -0.39 is 0 Å². The molecule has 9 heteroatoms. The zero-order valence-electron chi connectivity index (χ0n) is 25.3. The Morgan fingerprint density at radius 3 is 2.44 bits per heavy atom. The van der Waals surface area contributed by atoms with Crippen molar-refractivity contribution in [2.45, 2.75) is 43.9 Å². The highest BCUT2D eigenvalue weighted by Gasteiger charge is 2.53. The van der Waals surface area contributed by atoms with E-state index in [-0.39, 0.29) is 11.0 Å². The quantitative estimate of drug-likeness (QED) is 0.186. The van der Waals surface area contributed by atoms with E-state index >= 15 is 0 Å². The van der Waals surface area contributed by atoms with Gasteiger partial charge in [0.15, 0.2) is 17.3 Å². The van der Waals surface area contributed by atoms with Gasteiger partial charge in [-0.2, -0.15) is 14.6 Å². The predicted molar refractivity (Wildman–Crippen MR) is 177 cm³/mol. The lowest BCUT2D eigenvalue weighted by atomic mass is 9.48. The first-order chi connectivity index (χ1) is 22.0. The highest BCUT2D eigenvalue weighted by Crippen LogP contribution is 2.61. The van der Waals surface area contributed by atoms with Crippen LogP contribution in [0.15, 0.2) is 72.2 Å². The third kappa shape index (κ3) is 5.09. The summed E-state index contributed by atoms with van der Waals surface area (Å²) in [6, 6.07) is 15.9. The van der Waals surface area contributed by atoms with Gasteiger partial charge in [0, 0.05) is 17.2 Å².